The van der Waals surface area contributed by atoms with Crippen LogP contribution in [0.15, 0.2) is 23.1 Å². The molecular formula is C8H10NNaO3S. The van der Waals surface area contributed by atoms with E-state index in [4.69, 9.17) is 0 Å². The zero-order chi connectivity index (χ0) is 9.68. The van der Waals surface area contributed by atoms with Crippen LogP contribution in [0.2, 0.25) is 0 Å². The van der Waals surface area contributed by atoms with Crippen molar-refractivity contribution in [3.05, 3.63) is 23.8 Å². The van der Waals surface area contributed by atoms with Crippen LogP contribution in [-0.2, 0) is 9.37 Å². The maximum atomic E-state index is 9.61. The molecule has 1 aromatic carbocycles. The van der Waals surface area contributed by atoms with Crippen molar-refractivity contribution in [1.82, 2.24) is 0 Å². The molecule has 0 unspecified atom stereocenters. The van der Waals surface area contributed by atoms with E-state index in [0.29, 0.717) is 0 Å². The summed E-state index contributed by atoms with van der Waals surface area (Å²) >= 11 is 0.883. The summed E-state index contributed by atoms with van der Waals surface area (Å²) < 4.78 is 4.22. The number of rotatable bonds is 4. The molecule has 0 atom stereocenters. The van der Waals surface area contributed by atoms with Gasteiger partial charge in [0, 0.05) is 7.05 Å². The fourth-order valence-electron chi connectivity index (χ4n) is 0.962. The molecule has 14 heavy (non-hydrogen) atoms. The van der Waals surface area contributed by atoms with E-state index in [9.17, 15) is 5.26 Å². The summed E-state index contributed by atoms with van der Waals surface area (Å²) in [6.45, 7) is 1.99. The summed E-state index contributed by atoms with van der Waals surface area (Å²) in [6, 6.07) is 5.73. The van der Waals surface area contributed by atoms with Crippen molar-refractivity contribution in [3.8, 4) is 0 Å². The van der Waals surface area contributed by atoms with Gasteiger partial charge in [-0.05, 0) is 24.6 Å². The monoisotopic (exact) mass is 223 g/mol. The Morgan fingerprint density at radius 2 is 2.14 bits per heavy atom. The number of aryl methyl sites for hydroxylation is 1. The van der Waals surface area contributed by atoms with Crippen LogP contribution in [0, 0.1) is 6.92 Å². The minimum absolute atomic E-state index is 0. The third kappa shape index (κ3) is 4.18. The molecular weight excluding hydrogens is 213 g/mol. The van der Waals surface area contributed by atoms with E-state index >= 15 is 0 Å². The fourth-order valence-corrected chi connectivity index (χ4v) is 1.44. The SMILES string of the molecule is CNc1cc(C)ccc1SOO[O-].[Na+]. The summed E-state index contributed by atoms with van der Waals surface area (Å²) in [5, 5.41) is 15.9. The quantitative estimate of drug-likeness (QED) is 0.284. The first kappa shape index (κ1) is 14.2. The number of anilines is 1. The van der Waals surface area contributed by atoms with Gasteiger partial charge in [-0.3, -0.25) is 5.04 Å². The molecule has 6 heteroatoms. The Kier molecular flexibility index (Phi) is 7.66. The first-order chi connectivity index (χ1) is 6.27. The van der Waals surface area contributed by atoms with Crippen molar-refractivity contribution in [2.75, 3.05) is 12.4 Å². The molecule has 0 fully saturated rings. The fraction of sp³-hybridized carbons (Fsp3) is 0.250. The first-order valence-corrected chi connectivity index (χ1v) is 4.43. The van der Waals surface area contributed by atoms with Crippen LogP contribution in [0.4, 0.5) is 5.69 Å². The first-order valence-electron chi connectivity index (χ1n) is 3.69. The van der Waals surface area contributed by atoms with Crippen molar-refractivity contribution < 1.29 is 44.2 Å². The number of nitrogens with one attached hydrogen (secondary N) is 1. The molecule has 0 spiro atoms. The molecule has 0 saturated carbocycles. The molecule has 1 N–H and O–H groups in total. The van der Waals surface area contributed by atoms with E-state index in [-0.39, 0.29) is 29.6 Å². The van der Waals surface area contributed by atoms with Crippen LogP contribution < -0.4 is 40.1 Å². The van der Waals surface area contributed by atoms with Gasteiger partial charge in [0.2, 0.25) is 0 Å². The molecule has 0 aliphatic carbocycles. The van der Waals surface area contributed by atoms with Gasteiger partial charge in [0.25, 0.3) is 0 Å². The minimum Gasteiger partial charge on any atom is -0.691 e. The standard InChI is InChI=1S/C8H11NO3S.Na/c1-6-3-4-8(13-12-11-10)7(5-6)9-2;/h3-5,9-10H,1-2H3;/q;+1/p-1. The van der Waals surface area contributed by atoms with Crippen LogP contribution in [0.5, 0.6) is 0 Å². The van der Waals surface area contributed by atoms with Crippen molar-refractivity contribution >= 4 is 17.7 Å². The zero-order valence-corrected chi connectivity index (χ0v) is 11.2. The Morgan fingerprint density at radius 1 is 1.43 bits per heavy atom. The van der Waals surface area contributed by atoms with Gasteiger partial charge in [-0.1, -0.05) is 6.07 Å². The average molecular weight is 223 g/mol. The molecule has 1 rings (SSSR count). The molecule has 4 nitrogen and oxygen atoms in total. The van der Waals surface area contributed by atoms with Crippen LogP contribution in [0.25, 0.3) is 0 Å². The Balaban J connectivity index is 0.00000169. The smallest absolute Gasteiger partial charge is 0.691 e. The van der Waals surface area contributed by atoms with Gasteiger partial charge >= 0.3 is 29.6 Å². The summed E-state index contributed by atoms with van der Waals surface area (Å²) in [6.07, 6.45) is 0. The predicted molar refractivity (Wildman–Crippen MR) is 48.8 cm³/mol. The summed E-state index contributed by atoms with van der Waals surface area (Å²) in [4.78, 5) is 0.809. The van der Waals surface area contributed by atoms with Crippen LogP contribution in [0.3, 0.4) is 0 Å². The van der Waals surface area contributed by atoms with Gasteiger partial charge in [0.15, 0.2) is 0 Å². The Morgan fingerprint density at radius 3 is 2.71 bits per heavy atom. The summed E-state index contributed by atoms with van der Waals surface area (Å²) in [5.41, 5.74) is 2.04. The van der Waals surface area contributed by atoms with Gasteiger partial charge in [0.1, 0.15) is 0 Å². The van der Waals surface area contributed by atoms with Gasteiger partial charge in [-0.2, -0.15) is 4.33 Å². The Labute approximate surface area is 109 Å². The van der Waals surface area contributed by atoms with E-state index in [1.807, 2.05) is 25.1 Å². The van der Waals surface area contributed by atoms with E-state index in [1.165, 1.54) is 0 Å². The average Bonchev–Trinajstić information content (AvgIpc) is 2.16. The molecule has 0 aromatic heterocycles. The normalized spacial score (nSPS) is 9.36. The summed E-state index contributed by atoms with van der Waals surface area (Å²) in [5.74, 6) is 0. The minimum atomic E-state index is 0. The third-order valence-electron chi connectivity index (χ3n) is 1.56. The maximum Gasteiger partial charge on any atom is 1.00 e. The largest absolute Gasteiger partial charge is 1.00 e. The Bertz CT molecular complexity index is 285. The number of hydrogen-bond donors (Lipinski definition) is 1. The molecule has 0 aliphatic heterocycles. The molecule has 1 aromatic rings. The van der Waals surface area contributed by atoms with Gasteiger partial charge in [-0.25, -0.2) is 0 Å². The molecule has 0 saturated heterocycles. The maximum absolute atomic E-state index is 9.61. The predicted octanol–water partition coefficient (Wildman–Crippen LogP) is -1.73. The molecule has 0 aliphatic rings. The van der Waals surface area contributed by atoms with Gasteiger partial charge in [0.05, 0.1) is 22.6 Å². The van der Waals surface area contributed by atoms with Crippen molar-refractivity contribution in [2.24, 2.45) is 0 Å². The molecule has 0 radical (unpaired) electrons. The van der Waals surface area contributed by atoms with Crippen LogP contribution in [-0.4, -0.2) is 7.05 Å². The molecule has 72 valence electrons. The zero-order valence-electron chi connectivity index (χ0n) is 8.37. The second-order valence-corrected chi connectivity index (χ2v) is 3.21. The van der Waals surface area contributed by atoms with E-state index in [1.54, 1.807) is 7.05 Å². The van der Waals surface area contributed by atoms with Crippen LogP contribution >= 0.6 is 12.0 Å². The van der Waals surface area contributed by atoms with Crippen molar-refractivity contribution in [3.63, 3.8) is 0 Å². The topological polar surface area (TPSA) is 53.5 Å². The second-order valence-electron chi connectivity index (χ2n) is 2.47. The summed E-state index contributed by atoms with van der Waals surface area (Å²) in [7, 11) is 1.80. The Hall–Kier alpha value is 0.250. The molecule has 0 bridgehead atoms. The van der Waals surface area contributed by atoms with Crippen molar-refractivity contribution in [2.45, 2.75) is 11.8 Å². The van der Waals surface area contributed by atoms with E-state index in [2.05, 4.69) is 14.7 Å². The third-order valence-corrected chi connectivity index (χ3v) is 2.22. The van der Waals surface area contributed by atoms with E-state index in [0.717, 1.165) is 28.2 Å². The van der Waals surface area contributed by atoms with Gasteiger partial charge in [-0.15, -0.1) is 0 Å². The van der Waals surface area contributed by atoms with Crippen molar-refractivity contribution in [1.29, 1.82) is 0 Å². The van der Waals surface area contributed by atoms with E-state index < -0.39 is 0 Å². The molecule has 0 heterocycles. The number of hydrogen-bond acceptors (Lipinski definition) is 5. The molecule has 0 amide bonds. The second kappa shape index (κ2) is 7.53. The van der Waals surface area contributed by atoms with Gasteiger partial charge < -0.3 is 10.6 Å². The van der Waals surface area contributed by atoms with Crippen LogP contribution in [0.1, 0.15) is 5.56 Å². The number of benzene rings is 1.